The zero-order valence-electron chi connectivity index (χ0n) is 14.7. The number of carbonyl (C=O) groups is 1. The smallest absolute Gasteiger partial charge is 0.246 e. The summed E-state index contributed by atoms with van der Waals surface area (Å²) in [4.78, 5) is 14.2. The summed E-state index contributed by atoms with van der Waals surface area (Å²) in [5.74, 6) is -0.456. The van der Waals surface area contributed by atoms with Crippen LogP contribution in [0.25, 0.3) is 6.08 Å². The fourth-order valence-corrected chi connectivity index (χ4v) is 4.28. The highest BCUT2D eigenvalue weighted by atomic mass is 32.2. The molecule has 0 bridgehead atoms. The number of piperidine rings is 1. The van der Waals surface area contributed by atoms with Gasteiger partial charge in [0.1, 0.15) is 5.82 Å². The number of likely N-dealkylation sites (tertiary alicyclic amines) is 1. The average molecular weight is 388 g/mol. The summed E-state index contributed by atoms with van der Waals surface area (Å²) >= 11 is 0. The van der Waals surface area contributed by atoms with Gasteiger partial charge in [0.05, 0.1) is 4.90 Å². The van der Waals surface area contributed by atoms with E-state index in [-0.39, 0.29) is 22.7 Å². The van der Waals surface area contributed by atoms with Crippen molar-refractivity contribution in [3.63, 3.8) is 0 Å². The first-order chi connectivity index (χ1) is 12.9. The van der Waals surface area contributed by atoms with Crippen molar-refractivity contribution >= 4 is 22.0 Å². The molecule has 0 aliphatic carbocycles. The first kappa shape index (κ1) is 19.3. The maximum atomic E-state index is 12.9. The van der Waals surface area contributed by atoms with Gasteiger partial charge >= 0.3 is 0 Å². The Morgan fingerprint density at radius 2 is 1.67 bits per heavy atom. The van der Waals surface area contributed by atoms with E-state index in [2.05, 4.69) is 4.72 Å². The molecule has 5 nitrogen and oxygen atoms in total. The molecule has 1 amide bonds. The number of nitrogens with one attached hydrogen (secondary N) is 1. The Labute approximate surface area is 158 Å². The number of benzene rings is 2. The van der Waals surface area contributed by atoms with Crippen LogP contribution in [-0.4, -0.2) is 38.4 Å². The van der Waals surface area contributed by atoms with Gasteiger partial charge in [0.2, 0.25) is 15.9 Å². The van der Waals surface area contributed by atoms with Crippen LogP contribution < -0.4 is 4.72 Å². The van der Waals surface area contributed by atoms with E-state index < -0.39 is 10.0 Å². The van der Waals surface area contributed by atoms with Gasteiger partial charge in [0.15, 0.2) is 0 Å². The van der Waals surface area contributed by atoms with Crippen LogP contribution in [0.1, 0.15) is 18.4 Å². The maximum absolute atomic E-state index is 12.9. The Morgan fingerprint density at radius 1 is 1.04 bits per heavy atom. The molecule has 1 saturated heterocycles. The van der Waals surface area contributed by atoms with Crippen LogP contribution in [-0.2, 0) is 14.8 Å². The molecule has 0 atom stereocenters. The monoisotopic (exact) mass is 388 g/mol. The summed E-state index contributed by atoms with van der Waals surface area (Å²) in [5.41, 5.74) is 0.746. The number of sulfonamides is 1. The Bertz CT molecular complexity index is 904. The van der Waals surface area contributed by atoms with Crippen LogP contribution in [0.2, 0.25) is 0 Å². The third-order valence-corrected chi connectivity index (χ3v) is 6.01. The first-order valence-corrected chi connectivity index (χ1v) is 10.2. The van der Waals surface area contributed by atoms with Crippen LogP contribution in [0.4, 0.5) is 4.39 Å². The Hall–Kier alpha value is -2.51. The van der Waals surface area contributed by atoms with Gasteiger partial charge in [0, 0.05) is 25.2 Å². The molecule has 0 aromatic heterocycles. The second-order valence-electron chi connectivity index (χ2n) is 6.42. The van der Waals surface area contributed by atoms with Crippen molar-refractivity contribution in [2.45, 2.75) is 23.8 Å². The summed E-state index contributed by atoms with van der Waals surface area (Å²) in [6.45, 7) is 0.961. The van der Waals surface area contributed by atoms with E-state index in [0.717, 1.165) is 5.56 Å². The molecule has 3 rings (SSSR count). The zero-order chi connectivity index (χ0) is 19.3. The molecule has 1 N–H and O–H groups in total. The standard InChI is InChI=1S/C20H21FN2O3S/c21-17-9-6-16(7-10-17)8-11-20(24)23-14-12-18(13-15-23)22-27(25,26)19-4-2-1-3-5-19/h1-11,18,22H,12-15H2/b11-8+. The third-order valence-electron chi connectivity index (χ3n) is 4.47. The van der Waals surface area contributed by atoms with Crippen molar-refractivity contribution in [1.29, 1.82) is 0 Å². The Morgan fingerprint density at radius 3 is 2.30 bits per heavy atom. The average Bonchev–Trinajstić information content (AvgIpc) is 2.68. The number of halogens is 1. The normalized spacial score (nSPS) is 16.0. The molecule has 27 heavy (non-hydrogen) atoms. The van der Waals surface area contributed by atoms with E-state index in [0.29, 0.717) is 25.9 Å². The molecule has 0 unspecified atom stereocenters. The predicted molar refractivity (Wildman–Crippen MR) is 102 cm³/mol. The second kappa shape index (κ2) is 8.45. The molecule has 0 saturated carbocycles. The summed E-state index contributed by atoms with van der Waals surface area (Å²) in [5, 5.41) is 0. The van der Waals surface area contributed by atoms with Crippen LogP contribution in [0.5, 0.6) is 0 Å². The van der Waals surface area contributed by atoms with Crippen molar-refractivity contribution in [3.05, 3.63) is 72.1 Å². The molecule has 142 valence electrons. The van der Waals surface area contributed by atoms with Gasteiger partial charge in [-0.3, -0.25) is 4.79 Å². The highest BCUT2D eigenvalue weighted by molar-refractivity contribution is 7.89. The molecule has 0 spiro atoms. The number of amides is 1. The van der Waals surface area contributed by atoms with Gasteiger partial charge in [-0.2, -0.15) is 0 Å². The van der Waals surface area contributed by atoms with Crippen LogP contribution in [0.15, 0.2) is 65.6 Å². The van der Waals surface area contributed by atoms with E-state index in [4.69, 9.17) is 0 Å². The summed E-state index contributed by atoms with van der Waals surface area (Å²) in [6.07, 6.45) is 4.22. The number of rotatable bonds is 5. The van der Waals surface area contributed by atoms with E-state index >= 15 is 0 Å². The van der Waals surface area contributed by atoms with Gasteiger partial charge in [-0.15, -0.1) is 0 Å². The van der Waals surface area contributed by atoms with Gasteiger partial charge < -0.3 is 4.90 Å². The summed E-state index contributed by atoms with van der Waals surface area (Å²) in [6, 6.07) is 13.9. The zero-order valence-corrected chi connectivity index (χ0v) is 15.5. The van der Waals surface area contributed by atoms with Crippen LogP contribution in [0.3, 0.4) is 0 Å². The summed E-state index contributed by atoms with van der Waals surface area (Å²) in [7, 11) is -3.55. The van der Waals surface area contributed by atoms with E-state index in [1.54, 1.807) is 53.4 Å². The Balaban J connectivity index is 1.52. The molecule has 1 fully saturated rings. The lowest BCUT2D eigenvalue weighted by atomic mass is 10.1. The summed E-state index contributed by atoms with van der Waals surface area (Å²) < 4.78 is 40.3. The van der Waals surface area contributed by atoms with Gasteiger partial charge in [-0.1, -0.05) is 30.3 Å². The molecule has 1 aliphatic heterocycles. The molecule has 1 aliphatic rings. The molecule has 2 aromatic rings. The molecule has 1 heterocycles. The molecular formula is C20H21FN2O3S. The minimum atomic E-state index is -3.55. The second-order valence-corrected chi connectivity index (χ2v) is 8.13. The quantitative estimate of drug-likeness (QED) is 0.801. The number of carbonyl (C=O) groups excluding carboxylic acids is 1. The minimum Gasteiger partial charge on any atom is -0.339 e. The molecule has 2 aromatic carbocycles. The van der Waals surface area contributed by atoms with Crippen LogP contribution >= 0.6 is 0 Å². The number of nitrogens with zero attached hydrogens (tertiary/aromatic N) is 1. The van der Waals surface area contributed by atoms with Gasteiger partial charge in [-0.25, -0.2) is 17.5 Å². The molecule has 7 heteroatoms. The number of hydrogen-bond donors (Lipinski definition) is 1. The van der Waals surface area contributed by atoms with Gasteiger partial charge in [0.25, 0.3) is 0 Å². The SMILES string of the molecule is O=C(/C=C/c1ccc(F)cc1)N1CCC(NS(=O)(=O)c2ccccc2)CC1. The lowest BCUT2D eigenvalue weighted by molar-refractivity contribution is -0.126. The van der Waals surface area contributed by atoms with Crippen molar-refractivity contribution < 1.29 is 17.6 Å². The largest absolute Gasteiger partial charge is 0.339 e. The highest BCUT2D eigenvalue weighted by Gasteiger charge is 2.25. The van der Waals surface area contributed by atoms with Crippen LogP contribution in [0, 0.1) is 5.82 Å². The van der Waals surface area contributed by atoms with E-state index in [1.165, 1.54) is 18.2 Å². The Kier molecular flexibility index (Phi) is 6.03. The predicted octanol–water partition coefficient (Wildman–Crippen LogP) is 2.81. The van der Waals surface area contributed by atoms with Crippen molar-refractivity contribution in [1.82, 2.24) is 9.62 Å². The third kappa shape index (κ3) is 5.24. The first-order valence-electron chi connectivity index (χ1n) is 8.74. The maximum Gasteiger partial charge on any atom is 0.246 e. The van der Waals surface area contributed by atoms with E-state index in [9.17, 15) is 17.6 Å². The van der Waals surface area contributed by atoms with E-state index in [1.807, 2.05) is 0 Å². The van der Waals surface area contributed by atoms with Gasteiger partial charge in [-0.05, 0) is 48.7 Å². The molecular weight excluding hydrogens is 367 g/mol. The lowest BCUT2D eigenvalue weighted by Crippen LogP contribution is -2.46. The molecule has 0 radical (unpaired) electrons. The lowest BCUT2D eigenvalue weighted by Gasteiger charge is -2.31. The fraction of sp³-hybridized carbons (Fsp3) is 0.250. The van der Waals surface area contributed by atoms with Crippen molar-refractivity contribution in [3.8, 4) is 0 Å². The minimum absolute atomic E-state index is 0.135. The highest BCUT2D eigenvalue weighted by Crippen LogP contribution is 2.15. The topological polar surface area (TPSA) is 66.5 Å². The van der Waals surface area contributed by atoms with Crippen molar-refractivity contribution in [2.75, 3.05) is 13.1 Å². The van der Waals surface area contributed by atoms with Crippen molar-refractivity contribution in [2.24, 2.45) is 0 Å². The number of hydrogen-bond acceptors (Lipinski definition) is 3. The fourth-order valence-electron chi connectivity index (χ4n) is 2.95.